The molecule has 0 saturated carbocycles. The molecule has 2 rings (SSSR count). The predicted octanol–water partition coefficient (Wildman–Crippen LogP) is 1.87. The van der Waals surface area contributed by atoms with Gasteiger partial charge < -0.3 is 19.8 Å². The smallest absolute Gasteiger partial charge is 0.161 e. The quantitative estimate of drug-likeness (QED) is 0.912. The fraction of sp³-hybridized carbons (Fsp3) is 0.357. The van der Waals surface area contributed by atoms with Crippen molar-refractivity contribution in [1.82, 2.24) is 9.55 Å². The van der Waals surface area contributed by atoms with Crippen molar-refractivity contribution >= 4 is 0 Å². The van der Waals surface area contributed by atoms with E-state index in [9.17, 15) is 0 Å². The number of nitrogens with zero attached hydrogens (tertiary/aromatic N) is 2. The van der Waals surface area contributed by atoms with Gasteiger partial charge in [-0.15, -0.1) is 0 Å². The van der Waals surface area contributed by atoms with Crippen molar-refractivity contribution in [2.24, 2.45) is 12.8 Å². The highest BCUT2D eigenvalue weighted by Crippen LogP contribution is 2.36. The first-order chi connectivity index (χ1) is 9.12. The normalized spacial score (nSPS) is 10.6. The Hall–Kier alpha value is -2.01. The molecule has 2 N–H and O–H groups in total. The number of hydrogen-bond acceptors (Lipinski definition) is 4. The summed E-state index contributed by atoms with van der Waals surface area (Å²) in [5.41, 5.74) is 9.78. The molecule has 0 radical (unpaired) electrons. The highest BCUT2D eigenvalue weighted by molar-refractivity contribution is 5.70. The lowest BCUT2D eigenvalue weighted by Gasteiger charge is -2.14. The third-order valence-corrected chi connectivity index (χ3v) is 3.19. The van der Waals surface area contributed by atoms with Gasteiger partial charge in [-0.05, 0) is 24.6 Å². The lowest BCUT2D eigenvalue weighted by Crippen LogP contribution is -2.02. The van der Waals surface area contributed by atoms with E-state index >= 15 is 0 Å². The number of benzene rings is 1. The van der Waals surface area contributed by atoms with E-state index in [0.717, 1.165) is 28.3 Å². The summed E-state index contributed by atoms with van der Waals surface area (Å²) >= 11 is 0. The summed E-state index contributed by atoms with van der Waals surface area (Å²) in [6.45, 7) is 2.44. The number of hydrogen-bond donors (Lipinski definition) is 1. The molecule has 0 aliphatic heterocycles. The van der Waals surface area contributed by atoms with Crippen molar-refractivity contribution in [3.05, 3.63) is 29.7 Å². The highest BCUT2D eigenvalue weighted by atomic mass is 16.5. The molecule has 2 aromatic rings. The van der Waals surface area contributed by atoms with Crippen molar-refractivity contribution in [2.45, 2.75) is 13.5 Å². The van der Waals surface area contributed by atoms with Crippen LogP contribution in [-0.4, -0.2) is 23.8 Å². The number of aromatic nitrogens is 2. The summed E-state index contributed by atoms with van der Waals surface area (Å²) in [4.78, 5) is 4.32. The van der Waals surface area contributed by atoms with E-state index in [0.29, 0.717) is 12.3 Å². The van der Waals surface area contributed by atoms with Gasteiger partial charge in [0.15, 0.2) is 11.5 Å². The first kappa shape index (κ1) is 13.4. The minimum atomic E-state index is 0.407. The molecule has 0 aliphatic rings. The Balaban J connectivity index is 2.65. The highest BCUT2D eigenvalue weighted by Gasteiger charge is 2.15. The molecule has 0 bridgehead atoms. The summed E-state index contributed by atoms with van der Waals surface area (Å²) in [5, 5.41) is 0. The summed E-state index contributed by atoms with van der Waals surface area (Å²) in [6, 6.07) is 3.92. The lowest BCUT2D eigenvalue weighted by atomic mass is 10.0. The van der Waals surface area contributed by atoms with Crippen LogP contribution in [0.25, 0.3) is 11.3 Å². The Labute approximate surface area is 113 Å². The lowest BCUT2D eigenvalue weighted by molar-refractivity contribution is 0.355. The Bertz CT molecular complexity index is 591. The van der Waals surface area contributed by atoms with Crippen LogP contribution in [0, 0.1) is 6.92 Å². The van der Waals surface area contributed by atoms with E-state index in [1.165, 1.54) is 0 Å². The fourth-order valence-corrected chi connectivity index (χ4v) is 2.21. The first-order valence-electron chi connectivity index (χ1n) is 6.05. The van der Waals surface area contributed by atoms with Crippen LogP contribution < -0.4 is 15.2 Å². The second-order valence-electron chi connectivity index (χ2n) is 4.38. The first-order valence-corrected chi connectivity index (χ1v) is 6.05. The van der Waals surface area contributed by atoms with Crippen molar-refractivity contribution in [3.63, 3.8) is 0 Å². The van der Waals surface area contributed by atoms with Gasteiger partial charge in [-0.3, -0.25) is 0 Å². The van der Waals surface area contributed by atoms with Gasteiger partial charge in [0.25, 0.3) is 0 Å². The van der Waals surface area contributed by atoms with Crippen LogP contribution in [0.4, 0.5) is 0 Å². The number of rotatable bonds is 4. The maximum Gasteiger partial charge on any atom is 0.161 e. The SMILES string of the molecule is COc1cc(C)c(-c2c(CN)ncn2C)cc1OC. The molecule has 19 heavy (non-hydrogen) atoms. The molecule has 5 nitrogen and oxygen atoms in total. The molecule has 102 valence electrons. The van der Waals surface area contributed by atoms with Gasteiger partial charge in [-0.2, -0.15) is 0 Å². The van der Waals surface area contributed by atoms with Gasteiger partial charge in [0.1, 0.15) is 0 Å². The van der Waals surface area contributed by atoms with E-state index in [2.05, 4.69) is 4.98 Å². The average molecular weight is 261 g/mol. The zero-order valence-corrected chi connectivity index (χ0v) is 11.7. The van der Waals surface area contributed by atoms with E-state index in [1.54, 1.807) is 20.5 Å². The zero-order valence-electron chi connectivity index (χ0n) is 11.7. The molecule has 0 spiro atoms. The largest absolute Gasteiger partial charge is 0.493 e. The molecule has 1 aromatic carbocycles. The molecule has 0 aliphatic carbocycles. The van der Waals surface area contributed by atoms with Gasteiger partial charge in [0.05, 0.1) is 31.9 Å². The van der Waals surface area contributed by atoms with E-state index in [-0.39, 0.29) is 0 Å². The zero-order chi connectivity index (χ0) is 14.0. The molecule has 0 fully saturated rings. The van der Waals surface area contributed by atoms with E-state index in [1.807, 2.05) is 30.7 Å². The topological polar surface area (TPSA) is 62.3 Å². The average Bonchev–Trinajstić information content (AvgIpc) is 2.79. The standard InChI is InChI=1S/C14H19N3O2/c1-9-5-12(18-3)13(19-4)6-10(9)14-11(7-15)16-8-17(14)2/h5-6,8H,7,15H2,1-4H3. The van der Waals surface area contributed by atoms with E-state index in [4.69, 9.17) is 15.2 Å². The van der Waals surface area contributed by atoms with Crippen molar-refractivity contribution in [3.8, 4) is 22.8 Å². The molecular weight excluding hydrogens is 242 g/mol. The molecular formula is C14H19N3O2. The maximum absolute atomic E-state index is 5.75. The summed E-state index contributed by atoms with van der Waals surface area (Å²) in [5.74, 6) is 1.42. The van der Waals surface area contributed by atoms with Crippen LogP contribution in [0.5, 0.6) is 11.5 Å². The molecule has 0 amide bonds. The molecule has 5 heteroatoms. The van der Waals surface area contributed by atoms with Crippen LogP contribution in [-0.2, 0) is 13.6 Å². The maximum atomic E-state index is 5.75. The second-order valence-corrected chi connectivity index (χ2v) is 4.38. The van der Waals surface area contributed by atoms with Gasteiger partial charge in [-0.25, -0.2) is 4.98 Å². The predicted molar refractivity (Wildman–Crippen MR) is 74.4 cm³/mol. The monoisotopic (exact) mass is 261 g/mol. The van der Waals surface area contributed by atoms with Gasteiger partial charge >= 0.3 is 0 Å². The number of ether oxygens (including phenoxy) is 2. The number of nitrogens with two attached hydrogens (primary N) is 1. The van der Waals surface area contributed by atoms with Gasteiger partial charge in [-0.1, -0.05) is 0 Å². The Morgan fingerprint density at radius 1 is 1.21 bits per heavy atom. The number of imidazole rings is 1. The van der Waals surface area contributed by atoms with E-state index < -0.39 is 0 Å². The van der Waals surface area contributed by atoms with Crippen LogP contribution in [0.15, 0.2) is 18.5 Å². The Morgan fingerprint density at radius 3 is 2.42 bits per heavy atom. The third-order valence-electron chi connectivity index (χ3n) is 3.19. The number of aryl methyl sites for hydroxylation is 2. The minimum Gasteiger partial charge on any atom is -0.493 e. The fourth-order valence-electron chi connectivity index (χ4n) is 2.21. The van der Waals surface area contributed by atoms with Crippen molar-refractivity contribution in [2.75, 3.05) is 14.2 Å². The van der Waals surface area contributed by atoms with Gasteiger partial charge in [0, 0.05) is 19.2 Å². The van der Waals surface area contributed by atoms with Gasteiger partial charge in [0.2, 0.25) is 0 Å². The summed E-state index contributed by atoms with van der Waals surface area (Å²) < 4.78 is 12.6. The second kappa shape index (κ2) is 5.32. The Kier molecular flexibility index (Phi) is 3.76. The van der Waals surface area contributed by atoms with Crippen LogP contribution in [0.2, 0.25) is 0 Å². The van der Waals surface area contributed by atoms with Crippen molar-refractivity contribution < 1.29 is 9.47 Å². The molecule has 0 atom stereocenters. The molecule has 1 aromatic heterocycles. The summed E-state index contributed by atoms with van der Waals surface area (Å²) in [6.07, 6.45) is 1.77. The number of methoxy groups -OCH3 is 2. The third kappa shape index (κ3) is 2.29. The van der Waals surface area contributed by atoms with Crippen LogP contribution in [0.1, 0.15) is 11.3 Å². The molecule has 0 saturated heterocycles. The van der Waals surface area contributed by atoms with Crippen LogP contribution in [0.3, 0.4) is 0 Å². The minimum absolute atomic E-state index is 0.407. The van der Waals surface area contributed by atoms with Crippen LogP contribution >= 0.6 is 0 Å². The molecule has 1 heterocycles. The molecule has 0 unspecified atom stereocenters. The summed E-state index contributed by atoms with van der Waals surface area (Å²) in [7, 11) is 5.22. The van der Waals surface area contributed by atoms with Crippen molar-refractivity contribution in [1.29, 1.82) is 0 Å². The Morgan fingerprint density at radius 2 is 1.84 bits per heavy atom.